The van der Waals surface area contributed by atoms with Crippen LogP contribution >= 0.6 is 0 Å². The van der Waals surface area contributed by atoms with E-state index in [9.17, 15) is 19.7 Å². The third kappa shape index (κ3) is 2.05. The van der Waals surface area contributed by atoms with Gasteiger partial charge in [0.1, 0.15) is 5.92 Å². The molecule has 0 N–H and O–H groups in total. The molecule has 2 aromatic carbocycles. The summed E-state index contributed by atoms with van der Waals surface area (Å²) in [5.41, 5.74) is 0.947. The molecule has 1 saturated heterocycles. The lowest BCUT2D eigenvalue weighted by Crippen LogP contribution is -2.57. The van der Waals surface area contributed by atoms with Crippen LogP contribution in [0.4, 0.5) is 0 Å². The number of benzene rings is 2. The highest BCUT2D eigenvalue weighted by atomic mass is 16.6. The molecule has 0 spiro atoms. The van der Waals surface area contributed by atoms with Crippen LogP contribution in [0, 0.1) is 22.0 Å². The van der Waals surface area contributed by atoms with Gasteiger partial charge in [0.25, 0.3) is 5.54 Å². The summed E-state index contributed by atoms with van der Waals surface area (Å²) in [7, 11) is 3.73. The summed E-state index contributed by atoms with van der Waals surface area (Å²) in [6.07, 6.45) is 0. The molecule has 3 aliphatic carbocycles. The summed E-state index contributed by atoms with van der Waals surface area (Å²) in [4.78, 5) is 42.4. The van der Waals surface area contributed by atoms with E-state index in [2.05, 4.69) is 0 Å². The Kier molecular flexibility index (Phi) is 3.70. The molecule has 2 unspecified atom stereocenters. The zero-order valence-electron chi connectivity index (χ0n) is 16.2. The SMILES string of the molecule is CN(C)CCN1C(=O)C2C3c4ccccc4C([N+](=O)[O-])(c4ccccc43)C2C1=O. The second-order valence-electron chi connectivity index (χ2n) is 8.31. The van der Waals surface area contributed by atoms with Gasteiger partial charge in [0, 0.05) is 35.1 Å². The van der Waals surface area contributed by atoms with Gasteiger partial charge in [-0.25, -0.2) is 0 Å². The topological polar surface area (TPSA) is 83.8 Å². The molecular formula is C22H21N3O4. The maximum atomic E-state index is 13.5. The zero-order valence-corrected chi connectivity index (χ0v) is 16.2. The number of hydrogen-bond acceptors (Lipinski definition) is 5. The fourth-order valence-corrected chi connectivity index (χ4v) is 5.62. The first-order valence-corrected chi connectivity index (χ1v) is 9.74. The van der Waals surface area contributed by atoms with E-state index in [4.69, 9.17) is 0 Å². The monoisotopic (exact) mass is 391 g/mol. The number of carbonyl (C=O) groups excluding carboxylic acids is 2. The van der Waals surface area contributed by atoms with Gasteiger partial charge < -0.3 is 4.90 Å². The van der Waals surface area contributed by atoms with E-state index in [-0.39, 0.29) is 23.3 Å². The van der Waals surface area contributed by atoms with Crippen LogP contribution in [0.25, 0.3) is 0 Å². The quantitative estimate of drug-likeness (QED) is 0.451. The van der Waals surface area contributed by atoms with Crippen molar-refractivity contribution in [3.05, 3.63) is 80.9 Å². The molecule has 1 aliphatic heterocycles. The van der Waals surface area contributed by atoms with Crippen molar-refractivity contribution in [1.82, 2.24) is 9.80 Å². The van der Waals surface area contributed by atoms with Gasteiger partial charge in [-0.05, 0) is 25.2 Å². The van der Waals surface area contributed by atoms with Crippen molar-refractivity contribution in [2.24, 2.45) is 11.8 Å². The number of hydrogen-bond donors (Lipinski definition) is 0. The highest BCUT2D eigenvalue weighted by molar-refractivity contribution is 6.08. The van der Waals surface area contributed by atoms with Crippen molar-refractivity contribution in [2.75, 3.05) is 27.2 Å². The molecule has 7 heteroatoms. The van der Waals surface area contributed by atoms with Crippen LogP contribution in [-0.4, -0.2) is 53.7 Å². The van der Waals surface area contributed by atoms with Crippen molar-refractivity contribution < 1.29 is 14.5 Å². The highest BCUT2D eigenvalue weighted by Crippen LogP contribution is 2.64. The molecule has 1 heterocycles. The van der Waals surface area contributed by atoms with Crippen LogP contribution in [0.1, 0.15) is 28.2 Å². The van der Waals surface area contributed by atoms with Gasteiger partial charge in [0.2, 0.25) is 11.8 Å². The Labute approximate surface area is 168 Å². The van der Waals surface area contributed by atoms with Crippen molar-refractivity contribution >= 4 is 11.8 Å². The highest BCUT2D eigenvalue weighted by Gasteiger charge is 2.74. The zero-order chi connectivity index (χ0) is 20.5. The summed E-state index contributed by atoms with van der Waals surface area (Å²) in [5.74, 6) is -2.80. The molecule has 2 atom stereocenters. The molecule has 148 valence electrons. The molecule has 2 bridgehead atoms. The van der Waals surface area contributed by atoms with Crippen molar-refractivity contribution in [1.29, 1.82) is 0 Å². The third-order valence-electron chi connectivity index (χ3n) is 6.72. The molecule has 2 amide bonds. The lowest BCUT2D eigenvalue weighted by Gasteiger charge is -2.48. The summed E-state index contributed by atoms with van der Waals surface area (Å²) in [5, 5.41) is 12.7. The lowest BCUT2D eigenvalue weighted by molar-refractivity contribution is -0.578. The number of likely N-dealkylation sites (N-methyl/N-ethyl adjacent to an activating group) is 1. The maximum absolute atomic E-state index is 13.5. The first kappa shape index (κ1) is 18.0. The van der Waals surface area contributed by atoms with Crippen molar-refractivity contribution in [3.8, 4) is 0 Å². The van der Waals surface area contributed by atoms with Crippen molar-refractivity contribution in [3.63, 3.8) is 0 Å². The van der Waals surface area contributed by atoms with Gasteiger partial charge in [-0.1, -0.05) is 48.5 Å². The van der Waals surface area contributed by atoms with Gasteiger partial charge >= 0.3 is 0 Å². The summed E-state index contributed by atoms with van der Waals surface area (Å²) >= 11 is 0. The average molecular weight is 391 g/mol. The van der Waals surface area contributed by atoms with Gasteiger partial charge in [-0.3, -0.25) is 24.6 Å². The minimum atomic E-state index is -1.73. The number of imide groups is 1. The molecule has 0 aromatic heterocycles. The van der Waals surface area contributed by atoms with E-state index in [1.165, 1.54) is 4.90 Å². The molecule has 6 rings (SSSR count). The van der Waals surface area contributed by atoms with Crippen LogP contribution < -0.4 is 0 Å². The van der Waals surface area contributed by atoms with E-state index in [1.807, 2.05) is 43.3 Å². The van der Waals surface area contributed by atoms with Crippen LogP contribution in [0.5, 0.6) is 0 Å². The standard InChI is InChI=1S/C22H21N3O4/c1-23(2)11-12-24-20(26)18-17-13-7-3-5-9-15(13)22(25(28)29,19(18)21(24)27)16-10-6-4-8-14(16)17/h3-10,17-19H,11-12H2,1-2H3. The Balaban J connectivity index is 1.79. The molecule has 29 heavy (non-hydrogen) atoms. The number of nitro groups is 1. The van der Waals surface area contributed by atoms with E-state index in [1.54, 1.807) is 24.3 Å². The molecular weight excluding hydrogens is 370 g/mol. The lowest BCUT2D eigenvalue weighted by atomic mass is 9.51. The molecule has 4 aliphatic rings. The second-order valence-corrected chi connectivity index (χ2v) is 8.31. The van der Waals surface area contributed by atoms with Crippen LogP contribution in [0.2, 0.25) is 0 Å². The Morgan fingerprint density at radius 3 is 2.07 bits per heavy atom. The summed E-state index contributed by atoms with van der Waals surface area (Å²) in [6, 6.07) is 14.5. The van der Waals surface area contributed by atoms with Gasteiger partial charge in [0.05, 0.1) is 5.92 Å². The van der Waals surface area contributed by atoms with Gasteiger partial charge in [0.15, 0.2) is 0 Å². The van der Waals surface area contributed by atoms with Crippen LogP contribution in [-0.2, 0) is 15.1 Å². The summed E-state index contributed by atoms with van der Waals surface area (Å²) in [6.45, 7) is 0.762. The van der Waals surface area contributed by atoms with E-state index in [0.717, 1.165) is 11.1 Å². The maximum Gasteiger partial charge on any atom is 0.284 e. The fourth-order valence-electron chi connectivity index (χ4n) is 5.62. The van der Waals surface area contributed by atoms with E-state index >= 15 is 0 Å². The Morgan fingerprint density at radius 1 is 1.00 bits per heavy atom. The molecule has 0 radical (unpaired) electrons. The summed E-state index contributed by atoms with van der Waals surface area (Å²) < 4.78 is 0. The molecule has 0 saturated carbocycles. The number of carbonyl (C=O) groups is 2. The van der Waals surface area contributed by atoms with Crippen molar-refractivity contribution in [2.45, 2.75) is 11.5 Å². The van der Waals surface area contributed by atoms with Crippen LogP contribution in [0.15, 0.2) is 48.5 Å². The van der Waals surface area contributed by atoms with E-state index in [0.29, 0.717) is 17.7 Å². The molecule has 7 nitrogen and oxygen atoms in total. The normalized spacial score (nSPS) is 29.1. The van der Waals surface area contributed by atoms with Crippen LogP contribution in [0.3, 0.4) is 0 Å². The smallest absolute Gasteiger partial charge is 0.284 e. The number of nitrogens with zero attached hydrogens (tertiary/aromatic N) is 3. The van der Waals surface area contributed by atoms with Gasteiger partial charge in [-0.15, -0.1) is 0 Å². The third-order valence-corrected chi connectivity index (χ3v) is 6.72. The molecule has 2 aromatic rings. The number of rotatable bonds is 4. The fraction of sp³-hybridized carbons (Fsp3) is 0.364. The number of amides is 2. The predicted octanol–water partition coefficient (Wildman–Crippen LogP) is 1.83. The van der Waals surface area contributed by atoms with Gasteiger partial charge in [-0.2, -0.15) is 0 Å². The minimum absolute atomic E-state index is 0.241. The first-order valence-electron chi connectivity index (χ1n) is 9.74. The average Bonchev–Trinajstić information content (AvgIpc) is 2.97. The first-order chi connectivity index (χ1) is 13.9. The Bertz CT molecular complexity index is 1020. The number of likely N-dealkylation sites (tertiary alicyclic amines) is 1. The molecule has 1 fully saturated rings. The Morgan fingerprint density at radius 2 is 1.55 bits per heavy atom. The minimum Gasteiger partial charge on any atom is -0.308 e. The van der Waals surface area contributed by atoms with E-state index < -0.39 is 23.3 Å². The Hall–Kier alpha value is -3.06. The largest absolute Gasteiger partial charge is 0.308 e. The predicted molar refractivity (Wildman–Crippen MR) is 105 cm³/mol. The second kappa shape index (κ2) is 5.97.